The van der Waals surface area contributed by atoms with Gasteiger partial charge in [0.1, 0.15) is 5.82 Å². The molecule has 1 amide bonds. The van der Waals surface area contributed by atoms with Crippen LogP contribution >= 0.6 is 11.8 Å². The third-order valence-corrected chi connectivity index (χ3v) is 2.62. The zero-order chi connectivity index (χ0) is 11.3. The first-order valence-electron chi connectivity index (χ1n) is 4.68. The van der Waals surface area contributed by atoms with Crippen molar-refractivity contribution < 1.29 is 9.18 Å². The van der Waals surface area contributed by atoms with Crippen molar-refractivity contribution in [3.8, 4) is 0 Å². The maximum atomic E-state index is 12.9. The molecule has 4 heteroatoms. The molecule has 82 valence electrons. The van der Waals surface area contributed by atoms with Crippen molar-refractivity contribution >= 4 is 23.4 Å². The van der Waals surface area contributed by atoms with E-state index in [0.29, 0.717) is 12.1 Å². The van der Waals surface area contributed by atoms with Crippen molar-refractivity contribution in [3.63, 3.8) is 0 Å². The molecule has 0 saturated carbocycles. The predicted molar refractivity (Wildman–Crippen MR) is 62.8 cm³/mol. The Bertz CT molecular complexity index is 354. The molecule has 0 aromatic heterocycles. The van der Waals surface area contributed by atoms with Crippen LogP contribution in [0.15, 0.2) is 18.2 Å². The fourth-order valence-corrected chi connectivity index (χ4v) is 1.53. The van der Waals surface area contributed by atoms with Gasteiger partial charge in [0, 0.05) is 17.9 Å². The number of carbonyl (C=O) groups is 1. The summed E-state index contributed by atoms with van der Waals surface area (Å²) in [5.41, 5.74) is 1.43. The van der Waals surface area contributed by atoms with E-state index in [4.69, 9.17) is 0 Å². The van der Waals surface area contributed by atoms with Crippen molar-refractivity contribution in [1.82, 2.24) is 0 Å². The second kappa shape index (κ2) is 5.75. The summed E-state index contributed by atoms with van der Waals surface area (Å²) in [5.74, 6) is 0.374. The van der Waals surface area contributed by atoms with Crippen LogP contribution < -0.4 is 5.32 Å². The van der Waals surface area contributed by atoms with Gasteiger partial charge < -0.3 is 5.32 Å². The van der Waals surface area contributed by atoms with Gasteiger partial charge in [-0.3, -0.25) is 4.79 Å². The maximum absolute atomic E-state index is 12.9. The molecule has 0 aliphatic heterocycles. The summed E-state index contributed by atoms with van der Waals surface area (Å²) in [6.07, 6.45) is 2.40. The Labute approximate surface area is 93.3 Å². The van der Waals surface area contributed by atoms with Crippen LogP contribution in [0.3, 0.4) is 0 Å². The molecule has 0 aliphatic rings. The number of carbonyl (C=O) groups excluding carboxylic acids is 1. The Balaban J connectivity index is 2.63. The summed E-state index contributed by atoms with van der Waals surface area (Å²) >= 11 is 1.61. The van der Waals surface area contributed by atoms with Crippen LogP contribution in [0.2, 0.25) is 0 Å². The van der Waals surface area contributed by atoms with Crippen molar-refractivity contribution in [2.45, 2.75) is 13.3 Å². The van der Waals surface area contributed by atoms with Gasteiger partial charge in [-0.1, -0.05) is 6.07 Å². The lowest BCUT2D eigenvalue weighted by Crippen LogP contribution is -2.13. The molecule has 0 fully saturated rings. The predicted octanol–water partition coefficient (Wildman–Crippen LogP) is 2.83. The lowest BCUT2D eigenvalue weighted by Gasteiger charge is -2.07. The fraction of sp³-hybridized carbons (Fsp3) is 0.364. The van der Waals surface area contributed by atoms with Gasteiger partial charge in [0.25, 0.3) is 0 Å². The first-order valence-corrected chi connectivity index (χ1v) is 6.08. The zero-order valence-corrected chi connectivity index (χ0v) is 9.66. The SMILES string of the molecule is CSCCC(=O)Nc1cc(F)ccc1C. The topological polar surface area (TPSA) is 29.1 Å². The number of aryl methyl sites for hydroxylation is 1. The highest BCUT2D eigenvalue weighted by Crippen LogP contribution is 2.16. The Kier molecular flexibility index (Phi) is 4.62. The van der Waals surface area contributed by atoms with Crippen molar-refractivity contribution in [2.75, 3.05) is 17.3 Å². The summed E-state index contributed by atoms with van der Waals surface area (Å²) in [5, 5.41) is 2.69. The molecule has 0 aliphatic carbocycles. The summed E-state index contributed by atoms with van der Waals surface area (Å²) in [4.78, 5) is 11.4. The Morgan fingerprint density at radius 1 is 1.53 bits per heavy atom. The Morgan fingerprint density at radius 3 is 2.93 bits per heavy atom. The van der Waals surface area contributed by atoms with E-state index in [1.165, 1.54) is 12.1 Å². The van der Waals surface area contributed by atoms with Gasteiger partial charge in [0.15, 0.2) is 0 Å². The van der Waals surface area contributed by atoms with E-state index in [-0.39, 0.29) is 11.7 Å². The third-order valence-electron chi connectivity index (χ3n) is 2.01. The minimum atomic E-state index is -0.333. The molecule has 0 heterocycles. The number of amides is 1. The van der Waals surface area contributed by atoms with Crippen LogP contribution in [0.4, 0.5) is 10.1 Å². The maximum Gasteiger partial charge on any atom is 0.225 e. The van der Waals surface area contributed by atoms with Gasteiger partial charge in [-0.15, -0.1) is 0 Å². The monoisotopic (exact) mass is 227 g/mol. The van der Waals surface area contributed by atoms with Crippen molar-refractivity contribution in [1.29, 1.82) is 0 Å². The third kappa shape index (κ3) is 3.91. The highest BCUT2D eigenvalue weighted by molar-refractivity contribution is 7.98. The van der Waals surface area contributed by atoms with Crippen LogP contribution in [0.5, 0.6) is 0 Å². The second-order valence-corrected chi connectivity index (χ2v) is 4.24. The minimum Gasteiger partial charge on any atom is -0.326 e. The average Bonchev–Trinajstić information content (AvgIpc) is 2.20. The van der Waals surface area contributed by atoms with Crippen molar-refractivity contribution in [3.05, 3.63) is 29.6 Å². The number of anilines is 1. The molecule has 0 atom stereocenters. The van der Waals surface area contributed by atoms with E-state index in [1.807, 2.05) is 13.2 Å². The summed E-state index contributed by atoms with van der Waals surface area (Å²) in [6, 6.07) is 4.37. The Morgan fingerprint density at radius 2 is 2.27 bits per heavy atom. The lowest BCUT2D eigenvalue weighted by atomic mass is 10.2. The van der Waals surface area contributed by atoms with Gasteiger partial charge >= 0.3 is 0 Å². The van der Waals surface area contributed by atoms with Gasteiger partial charge in [-0.25, -0.2) is 4.39 Å². The van der Waals surface area contributed by atoms with E-state index < -0.39 is 0 Å². The first kappa shape index (κ1) is 12.0. The zero-order valence-electron chi connectivity index (χ0n) is 8.84. The van der Waals surface area contributed by atoms with Crippen molar-refractivity contribution in [2.24, 2.45) is 0 Å². The number of halogens is 1. The molecule has 1 N–H and O–H groups in total. The minimum absolute atomic E-state index is 0.0713. The van der Waals surface area contributed by atoms with Crippen LogP contribution in [0.25, 0.3) is 0 Å². The molecule has 1 rings (SSSR count). The molecule has 1 aromatic rings. The molecule has 15 heavy (non-hydrogen) atoms. The number of rotatable bonds is 4. The first-order chi connectivity index (χ1) is 7.13. The van der Waals surface area contributed by atoms with Gasteiger partial charge in [0.05, 0.1) is 0 Å². The van der Waals surface area contributed by atoms with Crippen LogP contribution in [0, 0.1) is 12.7 Å². The molecule has 0 spiro atoms. The van der Waals surface area contributed by atoms with Crippen LogP contribution in [-0.4, -0.2) is 17.9 Å². The highest BCUT2D eigenvalue weighted by Gasteiger charge is 2.05. The Hall–Kier alpha value is -1.03. The molecule has 1 aromatic carbocycles. The van der Waals surface area contributed by atoms with Crippen LogP contribution in [-0.2, 0) is 4.79 Å². The normalized spacial score (nSPS) is 10.1. The summed E-state index contributed by atoms with van der Waals surface area (Å²) in [6.45, 7) is 1.84. The molecule has 0 radical (unpaired) electrons. The molecule has 0 unspecified atom stereocenters. The smallest absolute Gasteiger partial charge is 0.225 e. The number of benzene rings is 1. The van der Waals surface area contributed by atoms with Gasteiger partial charge in [-0.2, -0.15) is 11.8 Å². The molecular weight excluding hydrogens is 213 g/mol. The van der Waals surface area contributed by atoms with Crippen LogP contribution in [0.1, 0.15) is 12.0 Å². The highest BCUT2D eigenvalue weighted by atomic mass is 32.2. The standard InChI is InChI=1S/C11H14FNOS/c1-8-3-4-9(12)7-10(8)13-11(14)5-6-15-2/h3-4,7H,5-6H2,1-2H3,(H,13,14). The van der Waals surface area contributed by atoms with Gasteiger partial charge in [0.2, 0.25) is 5.91 Å². The largest absolute Gasteiger partial charge is 0.326 e. The van der Waals surface area contributed by atoms with E-state index >= 15 is 0 Å². The number of hydrogen-bond acceptors (Lipinski definition) is 2. The molecule has 0 bridgehead atoms. The van der Waals surface area contributed by atoms with E-state index in [1.54, 1.807) is 17.8 Å². The quantitative estimate of drug-likeness (QED) is 0.857. The molecule has 0 saturated heterocycles. The average molecular weight is 227 g/mol. The molecule has 2 nitrogen and oxygen atoms in total. The lowest BCUT2D eigenvalue weighted by molar-refractivity contribution is -0.115. The summed E-state index contributed by atoms with van der Waals surface area (Å²) in [7, 11) is 0. The van der Waals surface area contributed by atoms with Gasteiger partial charge in [-0.05, 0) is 30.9 Å². The van der Waals surface area contributed by atoms with E-state index in [0.717, 1.165) is 11.3 Å². The number of thioether (sulfide) groups is 1. The summed E-state index contributed by atoms with van der Waals surface area (Å²) < 4.78 is 12.9. The number of hydrogen-bond donors (Lipinski definition) is 1. The van der Waals surface area contributed by atoms with E-state index in [2.05, 4.69) is 5.32 Å². The van der Waals surface area contributed by atoms with E-state index in [9.17, 15) is 9.18 Å². The fourth-order valence-electron chi connectivity index (χ4n) is 1.14. The second-order valence-electron chi connectivity index (χ2n) is 3.25. The number of nitrogens with one attached hydrogen (secondary N) is 1. The molecular formula is C11H14FNOS.